The average Bonchev–Trinajstić information content (AvgIpc) is 2.45. The maximum Gasteiger partial charge on any atom is 0.0995 e. The van der Waals surface area contributed by atoms with E-state index in [1.165, 1.54) is 5.56 Å². The van der Waals surface area contributed by atoms with E-state index in [-0.39, 0.29) is 6.04 Å². The number of nitrogens with zero attached hydrogens (tertiary/aromatic N) is 1. The van der Waals surface area contributed by atoms with Crippen molar-refractivity contribution in [3.05, 3.63) is 69.7 Å². The summed E-state index contributed by atoms with van der Waals surface area (Å²) in [6.07, 6.45) is 0. The molecule has 0 bridgehead atoms. The summed E-state index contributed by atoms with van der Waals surface area (Å²) in [5.41, 5.74) is 2.98. The summed E-state index contributed by atoms with van der Waals surface area (Å²) in [5.74, 6) is 0. The molecule has 0 aromatic heterocycles. The van der Waals surface area contributed by atoms with E-state index < -0.39 is 0 Å². The highest BCUT2D eigenvalue weighted by molar-refractivity contribution is 9.10. The molecule has 0 fully saturated rings. The molecule has 2 rings (SSSR count). The van der Waals surface area contributed by atoms with Crippen LogP contribution in [0.25, 0.3) is 0 Å². The minimum absolute atomic E-state index is 0.224. The number of hydrogen-bond acceptors (Lipinski definition) is 2. The second-order valence-corrected chi connectivity index (χ2v) is 5.25. The SMILES string of the molecule is C[C@H](NCc1ccccc1C#N)c1ccccc1Br. The highest BCUT2D eigenvalue weighted by Gasteiger charge is 2.09. The van der Waals surface area contributed by atoms with Crippen LogP contribution in [0.5, 0.6) is 0 Å². The van der Waals surface area contributed by atoms with Gasteiger partial charge >= 0.3 is 0 Å². The quantitative estimate of drug-likeness (QED) is 0.919. The van der Waals surface area contributed by atoms with Crippen LogP contribution in [0.15, 0.2) is 53.0 Å². The first kappa shape index (κ1) is 13.8. The fourth-order valence-corrected chi connectivity index (χ4v) is 2.61. The molecule has 0 amide bonds. The lowest BCUT2D eigenvalue weighted by atomic mass is 10.1. The summed E-state index contributed by atoms with van der Waals surface area (Å²) in [4.78, 5) is 0. The van der Waals surface area contributed by atoms with E-state index in [4.69, 9.17) is 5.26 Å². The van der Waals surface area contributed by atoms with Gasteiger partial charge in [0.05, 0.1) is 11.6 Å². The molecule has 0 aliphatic heterocycles. The first-order valence-corrected chi connectivity index (χ1v) is 6.97. The smallest absolute Gasteiger partial charge is 0.0995 e. The van der Waals surface area contributed by atoms with E-state index in [1.54, 1.807) is 0 Å². The van der Waals surface area contributed by atoms with Crippen molar-refractivity contribution >= 4 is 15.9 Å². The molecule has 0 aliphatic carbocycles. The Hall–Kier alpha value is -1.63. The van der Waals surface area contributed by atoms with Gasteiger partial charge in [-0.3, -0.25) is 0 Å². The number of hydrogen-bond donors (Lipinski definition) is 1. The minimum atomic E-state index is 0.224. The molecule has 1 atom stereocenters. The molecule has 2 aromatic rings. The van der Waals surface area contributed by atoms with Crippen LogP contribution in [0.1, 0.15) is 29.7 Å². The highest BCUT2D eigenvalue weighted by Crippen LogP contribution is 2.23. The van der Waals surface area contributed by atoms with Crippen LogP contribution in [-0.4, -0.2) is 0 Å². The Morgan fingerprint density at radius 3 is 2.58 bits per heavy atom. The predicted molar refractivity (Wildman–Crippen MR) is 80.6 cm³/mol. The number of nitrogens with one attached hydrogen (secondary N) is 1. The molecule has 0 radical (unpaired) electrons. The molecule has 96 valence electrons. The molecular weight excluding hydrogens is 300 g/mol. The van der Waals surface area contributed by atoms with Gasteiger partial charge in [0.25, 0.3) is 0 Å². The van der Waals surface area contributed by atoms with Crippen molar-refractivity contribution in [3.8, 4) is 6.07 Å². The van der Waals surface area contributed by atoms with Crippen molar-refractivity contribution in [1.82, 2.24) is 5.32 Å². The van der Waals surface area contributed by atoms with Gasteiger partial charge in [0.2, 0.25) is 0 Å². The van der Waals surface area contributed by atoms with Gasteiger partial charge < -0.3 is 5.32 Å². The molecule has 0 aliphatic rings. The average molecular weight is 315 g/mol. The second kappa shape index (κ2) is 6.51. The fraction of sp³-hybridized carbons (Fsp3) is 0.188. The molecule has 0 heterocycles. The second-order valence-electron chi connectivity index (χ2n) is 4.39. The molecule has 0 saturated heterocycles. The molecule has 2 nitrogen and oxygen atoms in total. The van der Waals surface area contributed by atoms with Gasteiger partial charge in [0, 0.05) is 17.1 Å². The normalized spacial score (nSPS) is 11.8. The van der Waals surface area contributed by atoms with Gasteiger partial charge in [0.15, 0.2) is 0 Å². The van der Waals surface area contributed by atoms with Crippen molar-refractivity contribution in [2.24, 2.45) is 0 Å². The largest absolute Gasteiger partial charge is 0.306 e. The van der Waals surface area contributed by atoms with E-state index in [2.05, 4.69) is 40.3 Å². The van der Waals surface area contributed by atoms with Gasteiger partial charge in [-0.15, -0.1) is 0 Å². The summed E-state index contributed by atoms with van der Waals surface area (Å²) in [6.45, 7) is 2.81. The number of benzene rings is 2. The van der Waals surface area contributed by atoms with Gasteiger partial charge in [-0.2, -0.15) is 5.26 Å². The Morgan fingerprint density at radius 1 is 1.16 bits per heavy atom. The summed E-state index contributed by atoms with van der Waals surface area (Å²) in [7, 11) is 0. The van der Waals surface area contributed by atoms with E-state index in [0.29, 0.717) is 6.54 Å². The Balaban J connectivity index is 2.07. The van der Waals surface area contributed by atoms with Crippen LogP contribution in [0, 0.1) is 11.3 Å². The monoisotopic (exact) mass is 314 g/mol. The summed E-state index contributed by atoms with van der Waals surface area (Å²) < 4.78 is 1.10. The molecule has 19 heavy (non-hydrogen) atoms. The first-order valence-electron chi connectivity index (χ1n) is 6.18. The maximum atomic E-state index is 9.06. The van der Waals surface area contributed by atoms with Crippen LogP contribution in [0.2, 0.25) is 0 Å². The third-order valence-electron chi connectivity index (χ3n) is 3.11. The van der Waals surface area contributed by atoms with Crippen LogP contribution in [0.4, 0.5) is 0 Å². The zero-order valence-electron chi connectivity index (χ0n) is 10.7. The lowest BCUT2D eigenvalue weighted by molar-refractivity contribution is 0.572. The van der Waals surface area contributed by atoms with Crippen molar-refractivity contribution in [1.29, 1.82) is 5.26 Å². The van der Waals surface area contributed by atoms with Gasteiger partial charge in [0.1, 0.15) is 0 Å². The first-order chi connectivity index (χ1) is 9.22. The van der Waals surface area contributed by atoms with E-state index in [1.807, 2.05) is 42.5 Å². The Bertz CT molecular complexity index is 602. The Kier molecular flexibility index (Phi) is 4.73. The lowest BCUT2D eigenvalue weighted by Crippen LogP contribution is -2.19. The number of halogens is 1. The summed E-state index contributed by atoms with van der Waals surface area (Å²) >= 11 is 3.56. The van der Waals surface area contributed by atoms with Gasteiger partial charge in [-0.1, -0.05) is 52.3 Å². The minimum Gasteiger partial charge on any atom is -0.306 e. The van der Waals surface area contributed by atoms with Crippen LogP contribution < -0.4 is 5.32 Å². The highest BCUT2D eigenvalue weighted by atomic mass is 79.9. The van der Waals surface area contributed by atoms with Crippen molar-refractivity contribution < 1.29 is 0 Å². The molecule has 0 saturated carbocycles. The molecule has 0 unspecified atom stereocenters. The Morgan fingerprint density at radius 2 is 1.84 bits per heavy atom. The topological polar surface area (TPSA) is 35.8 Å². The van der Waals surface area contributed by atoms with Crippen molar-refractivity contribution in [3.63, 3.8) is 0 Å². The third-order valence-corrected chi connectivity index (χ3v) is 3.83. The third kappa shape index (κ3) is 3.44. The lowest BCUT2D eigenvalue weighted by Gasteiger charge is -2.16. The molecule has 1 N–H and O–H groups in total. The molecule has 3 heteroatoms. The molecule has 2 aromatic carbocycles. The summed E-state index contributed by atoms with van der Waals surface area (Å²) in [5, 5.41) is 12.5. The van der Waals surface area contributed by atoms with Gasteiger partial charge in [-0.25, -0.2) is 0 Å². The number of rotatable bonds is 4. The fourth-order valence-electron chi connectivity index (χ4n) is 1.98. The van der Waals surface area contributed by atoms with Crippen molar-refractivity contribution in [2.45, 2.75) is 19.5 Å². The van der Waals surface area contributed by atoms with Gasteiger partial charge in [-0.05, 0) is 30.2 Å². The predicted octanol–water partition coefficient (Wildman–Crippen LogP) is 4.17. The zero-order valence-corrected chi connectivity index (χ0v) is 12.3. The molecule has 0 spiro atoms. The summed E-state index contributed by atoms with van der Waals surface area (Å²) in [6, 6.07) is 18.3. The zero-order chi connectivity index (χ0) is 13.7. The van der Waals surface area contributed by atoms with Crippen LogP contribution in [0.3, 0.4) is 0 Å². The maximum absolute atomic E-state index is 9.06. The van der Waals surface area contributed by atoms with Crippen LogP contribution in [-0.2, 0) is 6.54 Å². The Labute approximate surface area is 122 Å². The number of nitriles is 1. The van der Waals surface area contributed by atoms with Crippen LogP contribution >= 0.6 is 15.9 Å². The molecular formula is C16H15BrN2. The van der Waals surface area contributed by atoms with E-state index >= 15 is 0 Å². The van der Waals surface area contributed by atoms with Crippen molar-refractivity contribution in [2.75, 3.05) is 0 Å². The van der Waals surface area contributed by atoms with E-state index in [9.17, 15) is 0 Å². The van der Waals surface area contributed by atoms with E-state index in [0.717, 1.165) is 15.6 Å². The standard InChI is InChI=1S/C16H15BrN2/c1-12(15-8-4-5-9-16(15)17)19-11-14-7-3-2-6-13(14)10-18/h2-9,12,19H,11H2,1H3/t12-/m0/s1.